The van der Waals surface area contributed by atoms with Gasteiger partial charge >= 0.3 is 0 Å². The lowest BCUT2D eigenvalue weighted by atomic mass is 9.80. The van der Waals surface area contributed by atoms with Crippen molar-refractivity contribution in [2.75, 3.05) is 26.2 Å². The summed E-state index contributed by atoms with van der Waals surface area (Å²) in [5.74, 6) is 0.703. The molecule has 0 spiro atoms. The fourth-order valence-corrected chi connectivity index (χ4v) is 4.92. The molecule has 2 fully saturated rings. The van der Waals surface area contributed by atoms with E-state index in [1.165, 1.54) is 4.31 Å². The van der Waals surface area contributed by atoms with Gasteiger partial charge in [-0.25, -0.2) is 8.42 Å². The van der Waals surface area contributed by atoms with Crippen LogP contribution in [0.5, 0.6) is 0 Å². The highest BCUT2D eigenvalue weighted by atomic mass is 32.2. The Balaban J connectivity index is 1.68. The fraction of sp³-hybridized carbons (Fsp3) is 0.750. The minimum atomic E-state index is -3.46. The van der Waals surface area contributed by atoms with Gasteiger partial charge in [0.05, 0.1) is 6.54 Å². The van der Waals surface area contributed by atoms with E-state index in [1.54, 1.807) is 12.1 Å². The number of rotatable bonds is 4. The molecule has 0 amide bonds. The van der Waals surface area contributed by atoms with Crippen LogP contribution in [0, 0.1) is 5.41 Å². The summed E-state index contributed by atoms with van der Waals surface area (Å²) in [5, 5.41) is 0.0716. The first-order valence-corrected chi connectivity index (χ1v) is 9.80. The van der Waals surface area contributed by atoms with Crippen LogP contribution in [0.1, 0.15) is 38.9 Å². The van der Waals surface area contributed by atoms with E-state index < -0.39 is 10.0 Å². The van der Waals surface area contributed by atoms with E-state index in [4.69, 9.17) is 10.2 Å². The zero-order valence-electron chi connectivity index (χ0n) is 14.0. The van der Waals surface area contributed by atoms with Gasteiger partial charge in [0, 0.05) is 32.2 Å². The molecule has 1 aromatic heterocycles. The number of furan rings is 1. The first kappa shape index (κ1) is 17.0. The lowest BCUT2D eigenvalue weighted by molar-refractivity contribution is 0.0833. The molecular weight excluding hydrogens is 314 g/mol. The van der Waals surface area contributed by atoms with Crippen molar-refractivity contribution in [2.24, 2.45) is 11.1 Å². The lowest BCUT2D eigenvalue weighted by Gasteiger charge is -2.42. The largest absolute Gasteiger partial charge is 0.447 e. The molecule has 2 aliphatic heterocycles. The van der Waals surface area contributed by atoms with Crippen LogP contribution in [0.25, 0.3) is 0 Å². The quantitative estimate of drug-likeness (QED) is 0.900. The Kier molecular flexibility index (Phi) is 4.57. The lowest BCUT2D eigenvalue weighted by Crippen LogP contribution is -2.51. The van der Waals surface area contributed by atoms with Gasteiger partial charge in [-0.2, -0.15) is 4.31 Å². The maximum atomic E-state index is 12.5. The molecule has 2 N–H and O–H groups in total. The number of nitrogens with two attached hydrogens (primary N) is 1. The summed E-state index contributed by atoms with van der Waals surface area (Å²) in [6, 6.07) is 3.58. The molecule has 23 heavy (non-hydrogen) atoms. The molecule has 0 radical (unpaired) electrons. The highest BCUT2D eigenvalue weighted by Crippen LogP contribution is 2.29. The summed E-state index contributed by atoms with van der Waals surface area (Å²) in [6.07, 6.45) is 2.80. The van der Waals surface area contributed by atoms with Crippen LogP contribution in [0.2, 0.25) is 0 Å². The maximum absolute atomic E-state index is 12.5. The number of hydrogen-bond acceptors (Lipinski definition) is 5. The molecule has 2 aliphatic rings. The zero-order chi connectivity index (χ0) is 16.7. The van der Waals surface area contributed by atoms with E-state index in [9.17, 15) is 8.42 Å². The topological polar surface area (TPSA) is 79.8 Å². The molecular formula is C16H27N3O3S. The first-order chi connectivity index (χ1) is 10.8. The molecule has 2 saturated heterocycles. The third kappa shape index (κ3) is 3.47. The molecule has 7 heteroatoms. The van der Waals surface area contributed by atoms with Gasteiger partial charge in [-0.15, -0.1) is 0 Å². The van der Waals surface area contributed by atoms with E-state index in [2.05, 4.69) is 18.7 Å². The highest BCUT2D eigenvalue weighted by molar-refractivity contribution is 7.89. The number of nitrogens with zero attached hydrogens (tertiary/aromatic N) is 2. The molecule has 0 aliphatic carbocycles. The molecule has 0 bridgehead atoms. The average Bonchev–Trinajstić information content (AvgIpc) is 3.14. The van der Waals surface area contributed by atoms with E-state index in [0.29, 0.717) is 25.4 Å². The van der Waals surface area contributed by atoms with E-state index >= 15 is 0 Å². The number of likely N-dealkylation sites (tertiary alicyclic amines) is 1. The van der Waals surface area contributed by atoms with Crippen LogP contribution in [0.15, 0.2) is 21.6 Å². The van der Waals surface area contributed by atoms with Gasteiger partial charge in [0.15, 0.2) is 0 Å². The van der Waals surface area contributed by atoms with E-state index in [-0.39, 0.29) is 16.5 Å². The summed E-state index contributed by atoms with van der Waals surface area (Å²) in [5.41, 5.74) is 6.23. The molecule has 0 aromatic carbocycles. The van der Waals surface area contributed by atoms with Crippen molar-refractivity contribution in [3.8, 4) is 0 Å². The van der Waals surface area contributed by atoms with Gasteiger partial charge in [-0.1, -0.05) is 13.8 Å². The maximum Gasteiger partial charge on any atom is 0.276 e. The second kappa shape index (κ2) is 6.20. The molecule has 1 atom stereocenters. The number of sulfonamides is 1. The van der Waals surface area contributed by atoms with Gasteiger partial charge in [0.2, 0.25) is 5.09 Å². The van der Waals surface area contributed by atoms with Crippen molar-refractivity contribution in [1.82, 2.24) is 9.21 Å². The molecule has 3 heterocycles. The third-order valence-corrected chi connectivity index (χ3v) is 6.84. The smallest absolute Gasteiger partial charge is 0.276 e. The van der Waals surface area contributed by atoms with Crippen LogP contribution in [-0.4, -0.2) is 49.8 Å². The Hall–Kier alpha value is -0.890. The van der Waals surface area contributed by atoms with Crippen molar-refractivity contribution < 1.29 is 12.8 Å². The summed E-state index contributed by atoms with van der Waals surface area (Å²) in [7, 11) is -3.46. The summed E-state index contributed by atoms with van der Waals surface area (Å²) in [6.45, 7) is 7.98. The SMILES string of the molecule is CC1(C)CN(Cc2ccc(S(=O)(=O)N3CCCC3)o2)CCC1N. The number of hydrogen-bond donors (Lipinski definition) is 1. The standard InChI is InChI=1S/C16H27N3O3S/c1-16(2)12-18(10-7-14(16)17)11-13-5-6-15(22-13)23(20,21)19-8-3-4-9-19/h5-6,14H,3-4,7-12,17H2,1-2H3. The molecule has 1 unspecified atom stereocenters. The Morgan fingerprint density at radius 1 is 1.26 bits per heavy atom. The van der Waals surface area contributed by atoms with Crippen molar-refractivity contribution in [1.29, 1.82) is 0 Å². The Morgan fingerprint density at radius 2 is 1.96 bits per heavy atom. The Labute approximate surface area is 138 Å². The minimum absolute atomic E-state index is 0.0648. The first-order valence-electron chi connectivity index (χ1n) is 8.36. The second-order valence-electron chi connectivity index (χ2n) is 7.43. The van der Waals surface area contributed by atoms with Crippen molar-refractivity contribution >= 4 is 10.0 Å². The monoisotopic (exact) mass is 341 g/mol. The van der Waals surface area contributed by atoms with Crippen molar-refractivity contribution in [3.05, 3.63) is 17.9 Å². The van der Waals surface area contributed by atoms with Crippen molar-refractivity contribution in [2.45, 2.75) is 50.8 Å². The third-order valence-electron chi connectivity index (χ3n) is 5.07. The van der Waals surface area contributed by atoms with Crippen LogP contribution in [-0.2, 0) is 16.6 Å². The summed E-state index contributed by atoms with van der Waals surface area (Å²) < 4.78 is 32.1. The van der Waals surface area contributed by atoms with Crippen molar-refractivity contribution in [3.63, 3.8) is 0 Å². The molecule has 6 nitrogen and oxygen atoms in total. The van der Waals surface area contributed by atoms with Crippen LogP contribution in [0.4, 0.5) is 0 Å². The van der Waals surface area contributed by atoms with E-state index in [1.807, 2.05) is 0 Å². The van der Waals surface area contributed by atoms with E-state index in [0.717, 1.165) is 32.4 Å². The molecule has 130 valence electrons. The fourth-order valence-electron chi connectivity index (χ4n) is 3.48. The summed E-state index contributed by atoms with van der Waals surface area (Å²) in [4.78, 5) is 2.29. The molecule has 0 saturated carbocycles. The predicted molar refractivity (Wildman–Crippen MR) is 88.4 cm³/mol. The van der Waals surface area contributed by atoms with Gasteiger partial charge in [-0.3, -0.25) is 4.90 Å². The molecule has 1 aromatic rings. The van der Waals surface area contributed by atoms with Gasteiger partial charge in [0.1, 0.15) is 5.76 Å². The Morgan fingerprint density at radius 3 is 2.61 bits per heavy atom. The van der Waals surface area contributed by atoms with Gasteiger partial charge in [0.25, 0.3) is 10.0 Å². The van der Waals surface area contributed by atoms with Gasteiger partial charge < -0.3 is 10.2 Å². The summed E-state index contributed by atoms with van der Waals surface area (Å²) >= 11 is 0. The highest BCUT2D eigenvalue weighted by Gasteiger charge is 2.34. The van der Waals surface area contributed by atoms with Crippen LogP contribution >= 0.6 is 0 Å². The minimum Gasteiger partial charge on any atom is -0.447 e. The van der Waals surface area contributed by atoms with Crippen LogP contribution in [0.3, 0.4) is 0 Å². The Bertz CT molecular complexity index is 647. The number of piperidine rings is 1. The van der Waals surface area contributed by atoms with Crippen LogP contribution < -0.4 is 5.73 Å². The average molecular weight is 341 g/mol. The normalized spacial score (nSPS) is 26.7. The predicted octanol–water partition coefficient (Wildman–Crippen LogP) is 1.62. The molecule has 3 rings (SSSR count). The zero-order valence-corrected chi connectivity index (χ0v) is 14.8. The van der Waals surface area contributed by atoms with Gasteiger partial charge in [-0.05, 0) is 36.8 Å². The second-order valence-corrected chi connectivity index (χ2v) is 9.30.